The largest absolute Gasteiger partial charge is 0.417 e. The second-order valence-corrected chi connectivity index (χ2v) is 7.48. The summed E-state index contributed by atoms with van der Waals surface area (Å²) in [5.74, 6) is 0.383. The molecule has 0 radical (unpaired) electrons. The molecule has 3 heterocycles. The summed E-state index contributed by atoms with van der Waals surface area (Å²) < 4.78 is 43.9. The van der Waals surface area contributed by atoms with E-state index in [0.717, 1.165) is 6.07 Å². The summed E-state index contributed by atoms with van der Waals surface area (Å²) in [6.07, 6.45) is -1.70. The van der Waals surface area contributed by atoms with Crippen molar-refractivity contribution in [2.75, 3.05) is 5.32 Å². The molecule has 166 valence electrons. The summed E-state index contributed by atoms with van der Waals surface area (Å²) in [5, 5.41) is 7.22. The second kappa shape index (κ2) is 7.73. The molecule has 0 amide bonds. The minimum absolute atomic E-state index is 0.206. The van der Waals surface area contributed by atoms with Gasteiger partial charge in [-0.2, -0.15) is 22.8 Å². The average molecular weight is 450 g/mol. The molecule has 0 saturated heterocycles. The van der Waals surface area contributed by atoms with E-state index in [0.29, 0.717) is 23.0 Å². The maximum Gasteiger partial charge on any atom is 0.417 e. The van der Waals surface area contributed by atoms with Crippen LogP contribution >= 0.6 is 0 Å². The van der Waals surface area contributed by atoms with Gasteiger partial charge >= 0.3 is 6.18 Å². The molecular formula is C23H17F3N6O. The highest BCUT2D eigenvalue weighted by Gasteiger charge is 2.34. The number of para-hydroxylation sites is 1. The molecule has 1 atom stereocenters. The Hall–Kier alpha value is -4.21. The van der Waals surface area contributed by atoms with Crippen molar-refractivity contribution in [2.45, 2.75) is 19.1 Å². The molecule has 3 aromatic heterocycles. The van der Waals surface area contributed by atoms with Gasteiger partial charge in [0, 0.05) is 17.4 Å². The molecule has 1 unspecified atom stereocenters. The van der Waals surface area contributed by atoms with E-state index in [-0.39, 0.29) is 10.8 Å². The normalized spacial score (nSPS) is 12.8. The molecular weight excluding hydrogens is 433 g/mol. The maximum absolute atomic E-state index is 13.7. The third-order valence-corrected chi connectivity index (χ3v) is 5.38. The number of alkyl halides is 3. The summed E-state index contributed by atoms with van der Waals surface area (Å²) in [6.45, 7) is 1.80. The van der Waals surface area contributed by atoms with Gasteiger partial charge in [0.1, 0.15) is 6.33 Å². The molecule has 0 bridgehead atoms. The van der Waals surface area contributed by atoms with Crippen LogP contribution in [0.3, 0.4) is 0 Å². The molecule has 0 fully saturated rings. The molecule has 7 nitrogen and oxygen atoms in total. The highest BCUT2D eigenvalue weighted by Crippen LogP contribution is 2.34. The summed E-state index contributed by atoms with van der Waals surface area (Å²) in [7, 11) is 0. The Balaban J connectivity index is 1.74. The summed E-state index contributed by atoms with van der Waals surface area (Å²) in [6, 6.07) is 15.1. The fraction of sp³-hybridized carbons (Fsp3) is 0.130. The molecule has 5 rings (SSSR count). The van der Waals surface area contributed by atoms with Crippen LogP contribution in [0.25, 0.3) is 22.1 Å². The van der Waals surface area contributed by atoms with Gasteiger partial charge in [-0.25, -0.2) is 9.97 Å². The van der Waals surface area contributed by atoms with Crippen LogP contribution in [0.15, 0.2) is 78.0 Å². The zero-order valence-electron chi connectivity index (χ0n) is 17.3. The number of anilines is 1. The van der Waals surface area contributed by atoms with Crippen LogP contribution in [0.1, 0.15) is 24.2 Å². The third kappa shape index (κ3) is 3.59. The molecule has 10 heteroatoms. The number of pyridine rings is 1. The van der Waals surface area contributed by atoms with Gasteiger partial charge in [0.25, 0.3) is 5.56 Å². The molecule has 0 aliphatic heterocycles. The standard InChI is InChI=1S/C23H17F3N6O/c1-14(30-22-28-13-27-19-10-11-29-32(19)22)18-12-15-6-5-9-17(23(24,25)26)20(15)21(33)31(18)16-7-3-2-4-8-16/h2-14H,1H3,(H,27,28,30). The number of aromatic nitrogens is 5. The monoisotopic (exact) mass is 450 g/mol. The van der Waals surface area contributed by atoms with E-state index >= 15 is 0 Å². The van der Waals surface area contributed by atoms with E-state index in [1.54, 1.807) is 55.6 Å². The van der Waals surface area contributed by atoms with Crippen LogP contribution in [0.2, 0.25) is 0 Å². The summed E-state index contributed by atoms with van der Waals surface area (Å²) in [5.41, 5.74) is -0.208. The van der Waals surface area contributed by atoms with Gasteiger partial charge in [-0.05, 0) is 36.6 Å². The second-order valence-electron chi connectivity index (χ2n) is 7.48. The van der Waals surface area contributed by atoms with Crippen molar-refractivity contribution in [1.29, 1.82) is 0 Å². The minimum Gasteiger partial charge on any atom is -0.346 e. The Morgan fingerprint density at radius 1 is 1.00 bits per heavy atom. The van der Waals surface area contributed by atoms with Crippen molar-refractivity contribution in [2.24, 2.45) is 0 Å². The molecule has 0 aliphatic carbocycles. The van der Waals surface area contributed by atoms with Crippen molar-refractivity contribution < 1.29 is 13.2 Å². The number of hydrogen-bond acceptors (Lipinski definition) is 5. The van der Waals surface area contributed by atoms with E-state index in [1.807, 2.05) is 0 Å². The molecule has 0 aliphatic rings. The first-order valence-corrected chi connectivity index (χ1v) is 10.1. The lowest BCUT2D eigenvalue weighted by atomic mass is 10.0. The number of hydrogen-bond donors (Lipinski definition) is 1. The van der Waals surface area contributed by atoms with Gasteiger partial charge in [0.2, 0.25) is 5.95 Å². The van der Waals surface area contributed by atoms with Gasteiger partial charge in [-0.3, -0.25) is 9.36 Å². The van der Waals surface area contributed by atoms with Gasteiger partial charge in [-0.15, -0.1) is 0 Å². The topological polar surface area (TPSA) is 77.1 Å². The molecule has 33 heavy (non-hydrogen) atoms. The zero-order chi connectivity index (χ0) is 23.2. The number of rotatable bonds is 4. The van der Waals surface area contributed by atoms with Crippen LogP contribution in [0.4, 0.5) is 19.1 Å². The highest BCUT2D eigenvalue weighted by atomic mass is 19.4. The number of halogens is 3. The first kappa shape index (κ1) is 20.7. The minimum atomic E-state index is -4.66. The number of benzene rings is 2. The quantitative estimate of drug-likeness (QED) is 0.432. The smallest absolute Gasteiger partial charge is 0.346 e. The fourth-order valence-electron chi connectivity index (χ4n) is 3.90. The Morgan fingerprint density at radius 3 is 2.55 bits per heavy atom. The molecule has 5 aromatic rings. The van der Waals surface area contributed by atoms with Crippen molar-refractivity contribution in [3.05, 3.63) is 94.8 Å². The average Bonchev–Trinajstić information content (AvgIpc) is 3.28. The number of fused-ring (bicyclic) bond motifs is 2. The Labute approximate surface area is 185 Å². The molecule has 1 N–H and O–H groups in total. The lowest BCUT2D eigenvalue weighted by Crippen LogP contribution is -2.27. The molecule has 0 saturated carbocycles. The maximum atomic E-state index is 13.7. The van der Waals surface area contributed by atoms with E-state index in [4.69, 9.17) is 0 Å². The van der Waals surface area contributed by atoms with Crippen LogP contribution in [-0.4, -0.2) is 24.1 Å². The lowest BCUT2D eigenvalue weighted by Gasteiger charge is -2.22. The van der Waals surface area contributed by atoms with Gasteiger partial charge in [0.15, 0.2) is 5.65 Å². The third-order valence-electron chi connectivity index (χ3n) is 5.38. The zero-order valence-corrected chi connectivity index (χ0v) is 17.3. The molecule has 2 aromatic carbocycles. The van der Waals surface area contributed by atoms with E-state index in [1.165, 1.54) is 27.5 Å². The van der Waals surface area contributed by atoms with Gasteiger partial charge in [0.05, 0.1) is 23.2 Å². The summed E-state index contributed by atoms with van der Waals surface area (Å²) in [4.78, 5) is 21.9. The van der Waals surface area contributed by atoms with Crippen molar-refractivity contribution in [1.82, 2.24) is 24.1 Å². The van der Waals surface area contributed by atoms with Crippen molar-refractivity contribution >= 4 is 22.4 Å². The Kier molecular flexibility index (Phi) is 4.85. The van der Waals surface area contributed by atoms with E-state index in [9.17, 15) is 18.0 Å². The van der Waals surface area contributed by atoms with Crippen LogP contribution in [0, 0.1) is 0 Å². The van der Waals surface area contributed by atoms with Gasteiger partial charge < -0.3 is 5.32 Å². The Morgan fingerprint density at radius 2 is 1.79 bits per heavy atom. The molecule has 0 spiro atoms. The highest BCUT2D eigenvalue weighted by molar-refractivity contribution is 5.86. The van der Waals surface area contributed by atoms with Gasteiger partial charge in [-0.1, -0.05) is 30.3 Å². The van der Waals surface area contributed by atoms with E-state index in [2.05, 4.69) is 20.4 Å². The number of nitrogens with one attached hydrogen (secondary N) is 1. The predicted molar refractivity (Wildman–Crippen MR) is 117 cm³/mol. The number of nitrogens with zero attached hydrogens (tertiary/aromatic N) is 5. The van der Waals surface area contributed by atoms with Crippen LogP contribution in [0.5, 0.6) is 0 Å². The first-order valence-electron chi connectivity index (χ1n) is 10.1. The fourth-order valence-corrected chi connectivity index (χ4v) is 3.90. The first-order chi connectivity index (χ1) is 15.8. The van der Waals surface area contributed by atoms with Crippen molar-refractivity contribution in [3.8, 4) is 5.69 Å². The SMILES string of the molecule is CC(Nc1ncnc2ccnn12)c1cc2cccc(C(F)(F)F)c2c(=O)n1-c1ccccc1. The van der Waals surface area contributed by atoms with Crippen LogP contribution in [-0.2, 0) is 6.18 Å². The van der Waals surface area contributed by atoms with Crippen LogP contribution < -0.4 is 10.9 Å². The Bertz CT molecular complexity index is 1520. The van der Waals surface area contributed by atoms with Crippen molar-refractivity contribution in [3.63, 3.8) is 0 Å². The summed E-state index contributed by atoms with van der Waals surface area (Å²) >= 11 is 0. The predicted octanol–water partition coefficient (Wildman–Crippen LogP) is 4.62. The lowest BCUT2D eigenvalue weighted by molar-refractivity contribution is -0.136. The van der Waals surface area contributed by atoms with E-state index < -0.39 is 23.3 Å².